The Hall–Kier alpha value is -5.61. The van der Waals surface area contributed by atoms with E-state index in [9.17, 15) is 0 Å². The van der Waals surface area contributed by atoms with E-state index in [0.717, 1.165) is 39.1 Å². The number of allylic oxidation sites excluding steroid dienone is 4. The maximum absolute atomic E-state index is 6.72. The Morgan fingerprint density at radius 2 is 1.48 bits per heavy atom. The van der Waals surface area contributed by atoms with Crippen LogP contribution in [0, 0.1) is 6.92 Å². The number of para-hydroxylation sites is 4. The first-order chi connectivity index (χ1) is 24.3. The quantitative estimate of drug-likeness (QED) is 0.173. The van der Waals surface area contributed by atoms with Crippen molar-refractivity contribution in [2.45, 2.75) is 52.6 Å². The number of aromatic nitrogens is 2. The van der Waals surface area contributed by atoms with Gasteiger partial charge in [-0.15, -0.1) is 0 Å². The number of hydrogen-bond acceptors (Lipinski definition) is 2. The third kappa shape index (κ3) is 4.55. The molecule has 0 saturated heterocycles. The van der Waals surface area contributed by atoms with Crippen LogP contribution < -0.4 is 9.30 Å². The minimum absolute atomic E-state index is 0.0763. The predicted octanol–water partition coefficient (Wildman–Crippen LogP) is 11.4. The lowest BCUT2D eigenvalue weighted by atomic mass is 9.87. The molecule has 5 aromatic carbocycles. The van der Waals surface area contributed by atoms with E-state index in [2.05, 4.69) is 160 Å². The maximum atomic E-state index is 6.72. The molecule has 2 aliphatic rings. The molecular weight excluding hydrogens is 613 g/mol. The summed E-state index contributed by atoms with van der Waals surface area (Å²) in [6.07, 6.45) is 8.89. The molecule has 0 saturated carbocycles. The minimum Gasteiger partial charge on any atom is -0.481 e. The highest BCUT2D eigenvalue weighted by Crippen LogP contribution is 2.44. The fourth-order valence-corrected chi connectivity index (χ4v) is 8.08. The van der Waals surface area contributed by atoms with Crippen LogP contribution in [0.25, 0.3) is 61.2 Å². The molecule has 0 spiro atoms. The first-order valence-corrected chi connectivity index (χ1v) is 17.8. The second-order valence-electron chi connectivity index (χ2n) is 14.4. The zero-order valence-corrected chi connectivity index (χ0v) is 29.5. The average molecular weight is 654 g/mol. The molecule has 4 heteroatoms. The van der Waals surface area contributed by atoms with E-state index >= 15 is 0 Å². The molecule has 0 N–H and O–H groups in total. The number of ether oxygens (including phenoxy) is 1. The lowest BCUT2D eigenvalue weighted by Gasteiger charge is -2.21. The molecule has 246 valence electrons. The molecule has 50 heavy (non-hydrogen) atoms. The number of fused-ring (bicyclic) bond motifs is 7. The average Bonchev–Trinajstić information content (AvgIpc) is 3.71. The molecule has 1 atom stereocenters. The molecule has 9 rings (SSSR count). The molecule has 7 aromatic rings. The highest BCUT2D eigenvalue weighted by Gasteiger charge is 2.34. The van der Waals surface area contributed by atoms with Gasteiger partial charge in [-0.1, -0.05) is 107 Å². The van der Waals surface area contributed by atoms with E-state index in [1.54, 1.807) is 0 Å². The van der Waals surface area contributed by atoms with Gasteiger partial charge in [0.1, 0.15) is 28.7 Å². The zero-order valence-electron chi connectivity index (χ0n) is 29.5. The van der Waals surface area contributed by atoms with Crippen molar-refractivity contribution in [3.8, 4) is 22.8 Å². The van der Waals surface area contributed by atoms with Crippen LogP contribution in [0.2, 0.25) is 0 Å². The summed E-state index contributed by atoms with van der Waals surface area (Å²) in [5.74, 6) is 2.61. The Labute approximate surface area is 293 Å². The van der Waals surface area contributed by atoms with E-state index in [1.807, 2.05) is 12.1 Å². The van der Waals surface area contributed by atoms with Gasteiger partial charge in [-0.3, -0.25) is 0 Å². The zero-order chi connectivity index (χ0) is 34.3. The summed E-state index contributed by atoms with van der Waals surface area (Å²) >= 11 is 0. The van der Waals surface area contributed by atoms with Gasteiger partial charge in [0.25, 0.3) is 5.82 Å². The fourth-order valence-electron chi connectivity index (χ4n) is 8.08. The van der Waals surface area contributed by atoms with Crippen LogP contribution in [-0.4, -0.2) is 10.7 Å². The summed E-state index contributed by atoms with van der Waals surface area (Å²) in [6, 6.07) is 34.8. The fraction of sp³-hybridized carbons (Fsp3) is 0.196. The van der Waals surface area contributed by atoms with E-state index in [4.69, 9.17) is 9.15 Å². The number of aryl methyl sites for hydroxylation is 2. The van der Waals surface area contributed by atoms with Gasteiger partial charge >= 0.3 is 0 Å². The second kappa shape index (κ2) is 11.5. The molecule has 1 aliphatic carbocycles. The van der Waals surface area contributed by atoms with E-state index in [1.165, 1.54) is 55.7 Å². The minimum atomic E-state index is -0.0763. The number of rotatable bonds is 5. The Morgan fingerprint density at radius 1 is 0.760 bits per heavy atom. The van der Waals surface area contributed by atoms with Crippen molar-refractivity contribution in [2.24, 2.45) is 7.05 Å². The van der Waals surface area contributed by atoms with Crippen LogP contribution in [0.15, 0.2) is 126 Å². The largest absolute Gasteiger partial charge is 0.481 e. The van der Waals surface area contributed by atoms with Crippen molar-refractivity contribution >= 4 is 44.1 Å². The van der Waals surface area contributed by atoms with Crippen LogP contribution in [0.4, 0.5) is 0 Å². The summed E-state index contributed by atoms with van der Waals surface area (Å²) in [4.78, 5) is 0. The van der Waals surface area contributed by atoms with Crippen LogP contribution in [0.3, 0.4) is 0 Å². The second-order valence-corrected chi connectivity index (χ2v) is 14.4. The predicted molar refractivity (Wildman–Crippen MR) is 206 cm³/mol. The number of furan rings is 1. The first kappa shape index (κ1) is 30.4. The van der Waals surface area contributed by atoms with Crippen LogP contribution in [-0.2, 0) is 7.05 Å². The molecule has 0 bridgehead atoms. The van der Waals surface area contributed by atoms with Gasteiger partial charge in [-0.25, -0.2) is 4.57 Å². The lowest BCUT2D eigenvalue weighted by Crippen LogP contribution is -2.30. The van der Waals surface area contributed by atoms with Crippen molar-refractivity contribution in [3.05, 3.63) is 149 Å². The van der Waals surface area contributed by atoms with Gasteiger partial charge in [0.05, 0.1) is 7.05 Å². The van der Waals surface area contributed by atoms with Crippen LogP contribution >= 0.6 is 0 Å². The summed E-state index contributed by atoms with van der Waals surface area (Å²) in [7, 11) is 2.19. The third-order valence-corrected chi connectivity index (χ3v) is 10.6. The van der Waals surface area contributed by atoms with Crippen molar-refractivity contribution in [2.75, 3.05) is 0 Å². The first-order valence-electron chi connectivity index (χ1n) is 17.8. The standard InChI is InChI=1S/C46H41N2O2/c1-27(2)36-25-31(30-20-23-34-32-13-7-11-17-40(32)49-42(34)24-21-30)26-37(28(3)4)44(36)48-39-16-10-9-15-38(39)47(6)46(48)43-29(5)19-22-35-33-14-8-12-18-41(33)50-45(35)43/h7-28,42H,1-6H3/q+1. The Bertz CT molecular complexity index is 2580. The van der Waals surface area contributed by atoms with Gasteiger partial charge < -0.3 is 9.15 Å². The topological polar surface area (TPSA) is 31.2 Å². The number of imidazole rings is 1. The molecule has 1 unspecified atom stereocenters. The van der Waals surface area contributed by atoms with E-state index < -0.39 is 0 Å². The van der Waals surface area contributed by atoms with Gasteiger partial charge in [0.15, 0.2) is 16.6 Å². The number of nitrogens with zero attached hydrogens (tertiary/aromatic N) is 2. The Kier molecular flexibility index (Phi) is 6.99. The summed E-state index contributed by atoms with van der Waals surface area (Å²) in [6.45, 7) is 11.5. The summed E-state index contributed by atoms with van der Waals surface area (Å²) in [5, 5.41) is 2.28. The molecule has 0 fully saturated rings. The lowest BCUT2D eigenvalue weighted by molar-refractivity contribution is -0.633. The molecular formula is C46H41N2O2+. The van der Waals surface area contributed by atoms with Gasteiger partial charge in [-0.2, -0.15) is 4.57 Å². The van der Waals surface area contributed by atoms with Crippen molar-refractivity contribution in [3.63, 3.8) is 0 Å². The molecule has 3 heterocycles. The third-order valence-electron chi connectivity index (χ3n) is 10.6. The highest BCUT2D eigenvalue weighted by molar-refractivity contribution is 6.10. The van der Waals surface area contributed by atoms with E-state index in [0.29, 0.717) is 0 Å². The molecule has 0 amide bonds. The van der Waals surface area contributed by atoms with E-state index in [-0.39, 0.29) is 17.9 Å². The number of hydrogen-bond donors (Lipinski definition) is 0. The smallest absolute Gasteiger partial charge is 0.299 e. The van der Waals surface area contributed by atoms with Crippen molar-refractivity contribution in [1.29, 1.82) is 0 Å². The summed E-state index contributed by atoms with van der Waals surface area (Å²) in [5.41, 5.74) is 15.2. The van der Waals surface area contributed by atoms with Crippen LogP contribution in [0.5, 0.6) is 5.75 Å². The summed E-state index contributed by atoms with van der Waals surface area (Å²) < 4.78 is 17.9. The molecule has 1 aliphatic heterocycles. The Balaban J connectivity index is 1.32. The van der Waals surface area contributed by atoms with Gasteiger partial charge in [-0.05, 0) is 77.9 Å². The molecule has 4 nitrogen and oxygen atoms in total. The van der Waals surface area contributed by atoms with Crippen LogP contribution in [0.1, 0.15) is 67.3 Å². The maximum Gasteiger partial charge on any atom is 0.299 e. The Morgan fingerprint density at radius 3 is 2.28 bits per heavy atom. The van der Waals surface area contributed by atoms with Gasteiger partial charge in [0.2, 0.25) is 0 Å². The monoisotopic (exact) mass is 653 g/mol. The van der Waals surface area contributed by atoms with Gasteiger partial charge in [0, 0.05) is 33.0 Å². The molecule has 2 aromatic heterocycles. The normalized spacial score (nSPS) is 15.5. The van der Waals surface area contributed by atoms with Crippen molar-refractivity contribution in [1.82, 2.24) is 4.57 Å². The van der Waals surface area contributed by atoms with Crippen molar-refractivity contribution < 1.29 is 13.7 Å². The number of benzene rings is 5. The highest BCUT2D eigenvalue weighted by atomic mass is 16.5. The SMILES string of the molecule is Cc1ccc2c(oc3ccccc32)c1-c1n(-c2c(C(C)C)cc(C3=CC=C4c5ccccc5OC4C=C3)cc2C(C)C)c2ccccc2[n+]1C. The molecule has 0 radical (unpaired) electrons.